The first-order valence-electron chi connectivity index (χ1n) is 3.72. The Kier molecular flexibility index (Phi) is 2.40. The highest BCUT2D eigenvalue weighted by molar-refractivity contribution is 8.05. The number of hydrogen-bond acceptors (Lipinski definition) is 6. The lowest BCUT2D eigenvalue weighted by atomic mass is 10.3. The van der Waals surface area contributed by atoms with Crippen LogP contribution in [0, 0.1) is 0 Å². The van der Waals surface area contributed by atoms with Gasteiger partial charge < -0.3 is 0 Å². The van der Waals surface area contributed by atoms with Crippen molar-refractivity contribution in [1.29, 1.82) is 0 Å². The third kappa shape index (κ3) is 1.95. The Bertz CT molecular complexity index is 545. The molecule has 0 aromatic rings. The Labute approximate surface area is 95.4 Å². The first kappa shape index (κ1) is 10.7. The van der Waals surface area contributed by atoms with Gasteiger partial charge in [-0.2, -0.15) is 0 Å². The molecule has 1 atom stereocenters. The van der Waals surface area contributed by atoms with E-state index in [0.717, 1.165) is 6.26 Å². The van der Waals surface area contributed by atoms with Crippen molar-refractivity contribution < 1.29 is 8.42 Å². The molecule has 2 heterocycles. The van der Waals surface area contributed by atoms with E-state index in [1.807, 2.05) is 0 Å². The van der Waals surface area contributed by atoms with Crippen molar-refractivity contribution in [2.45, 2.75) is 6.04 Å². The summed E-state index contributed by atoms with van der Waals surface area (Å²) >= 11 is 11.3. The van der Waals surface area contributed by atoms with Crippen LogP contribution in [0.3, 0.4) is 0 Å². The molecule has 0 fully saturated rings. The van der Waals surface area contributed by atoms with E-state index in [4.69, 9.17) is 23.2 Å². The molecule has 0 bridgehead atoms. The molecule has 0 spiro atoms. The summed E-state index contributed by atoms with van der Waals surface area (Å²) in [5.74, 6) is 0.153. The SMILES string of the molecule is CS(=O)(=O)C1=NC2=NC(Cl)=NC2C(Cl)=N1. The number of rotatable bonds is 0. The molecule has 0 aromatic carbocycles. The maximum Gasteiger partial charge on any atom is 0.249 e. The fourth-order valence-corrected chi connectivity index (χ4v) is 2.02. The summed E-state index contributed by atoms with van der Waals surface area (Å²) in [6, 6.07) is -0.662. The highest BCUT2D eigenvalue weighted by Crippen LogP contribution is 2.18. The van der Waals surface area contributed by atoms with E-state index in [2.05, 4.69) is 20.0 Å². The van der Waals surface area contributed by atoms with Gasteiger partial charge in [-0.05, 0) is 11.6 Å². The predicted molar refractivity (Wildman–Crippen MR) is 60.1 cm³/mol. The molecule has 80 valence electrons. The minimum absolute atomic E-state index is 0.000162. The number of nitrogens with zero attached hydrogens (tertiary/aromatic N) is 4. The zero-order valence-corrected chi connectivity index (χ0v) is 9.68. The van der Waals surface area contributed by atoms with Crippen LogP contribution in [0.1, 0.15) is 0 Å². The normalized spacial score (nSPS) is 25.1. The Balaban J connectivity index is 2.52. The van der Waals surface area contributed by atoms with Crippen LogP contribution in [0.15, 0.2) is 20.0 Å². The standard InChI is InChI=1S/C6H4Cl2N4O2S/c1-15(13,14)6-10-3(7)2-4(12-6)11-5(8)9-2/h2H,1H3. The number of halogens is 2. The molecule has 2 aliphatic heterocycles. The van der Waals surface area contributed by atoms with Crippen LogP contribution in [-0.2, 0) is 9.84 Å². The molecule has 1 unspecified atom stereocenters. The summed E-state index contributed by atoms with van der Waals surface area (Å²) in [4.78, 5) is 14.9. The lowest BCUT2D eigenvalue weighted by Crippen LogP contribution is -2.29. The Morgan fingerprint density at radius 3 is 2.47 bits per heavy atom. The zero-order valence-electron chi connectivity index (χ0n) is 7.35. The Hall–Kier alpha value is -0.790. The van der Waals surface area contributed by atoms with Gasteiger partial charge in [0.05, 0.1) is 0 Å². The summed E-state index contributed by atoms with van der Waals surface area (Å²) in [5.41, 5.74) is 0. The van der Waals surface area contributed by atoms with Gasteiger partial charge in [0.1, 0.15) is 5.17 Å². The summed E-state index contributed by atoms with van der Waals surface area (Å²) in [6.07, 6.45) is 0.984. The van der Waals surface area contributed by atoms with E-state index < -0.39 is 15.9 Å². The van der Waals surface area contributed by atoms with Crippen LogP contribution in [0.25, 0.3) is 0 Å². The van der Waals surface area contributed by atoms with Crippen molar-refractivity contribution in [3.8, 4) is 0 Å². The van der Waals surface area contributed by atoms with Crippen molar-refractivity contribution in [2.24, 2.45) is 20.0 Å². The van der Waals surface area contributed by atoms with Crippen LogP contribution < -0.4 is 0 Å². The second kappa shape index (κ2) is 3.36. The molecule has 0 aromatic heterocycles. The van der Waals surface area contributed by atoms with E-state index in [0.29, 0.717) is 0 Å². The van der Waals surface area contributed by atoms with Crippen molar-refractivity contribution in [1.82, 2.24) is 0 Å². The number of sulfone groups is 1. The van der Waals surface area contributed by atoms with E-state index in [9.17, 15) is 8.42 Å². The molecule has 0 amide bonds. The van der Waals surface area contributed by atoms with Crippen LogP contribution >= 0.6 is 23.2 Å². The average molecular weight is 267 g/mol. The van der Waals surface area contributed by atoms with Gasteiger partial charge in [0.25, 0.3) is 0 Å². The molecule has 0 saturated heterocycles. The molecule has 9 heteroatoms. The molecule has 2 rings (SSSR count). The average Bonchev–Trinajstić information content (AvgIpc) is 2.44. The third-order valence-electron chi connectivity index (χ3n) is 1.66. The van der Waals surface area contributed by atoms with E-state index in [1.165, 1.54) is 0 Å². The lowest BCUT2D eigenvalue weighted by molar-refractivity contribution is 0.612. The van der Waals surface area contributed by atoms with Crippen LogP contribution in [0.5, 0.6) is 0 Å². The van der Waals surface area contributed by atoms with Crippen molar-refractivity contribution in [3.05, 3.63) is 0 Å². The Morgan fingerprint density at radius 2 is 1.87 bits per heavy atom. The summed E-state index contributed by atoms with van der Waals surface area (Å²) < 4.78 is 22.4. The highest BCUT2D eigenvalue weighted by atomic mass is 35.5. The molecule has 0 N–H and O–H groups in total. The fourth-order valence-electron chi connectivity index (χ4n) is 1.04. The van der Waals surface area contributed by atoms with E-state index >= 15 is 0 Å². The molecular formula is C6H4Cl2N4O2S. The maximum atomic E-state index is 11.2. The van der Waals surface area contributed by atoms with Crippen molar-refractivity contribution >= 4 is 54.5 Å². The van der Waals surface area contributed by atoms with Gasteiger partial charge >= 0.3 is 0 Å². The predicted octanol–water partition coefficient (Wildman–Crippen LogP) is 0.413. The molecule has 6 nitrogen and oxygen atoms in total. The molecule has 0 aliphatic carbocycles. The molecule has 0 radical (unpaired) electrons. The fraction of sp³-hybridized carbons (Fsp3) is 0.333. The van der Waals surface area contributed by atoms with Crippen LogP contribution in [0.2, 0.25) is 0 Å². The number of hydrogen-bond donors (Lipinski definition) is 0. The topological polar surface area (TPSA) is 83.6 Å². The smallest absolute Gasteiger partial charge is 0.237 e. The minimum atomic E-state index is -3.51. The summed E-state index contributed by atoms with van der Waals surface area (Å²) in [7, 11) is -3.51. The number of amidine groups is 3. The second-order valence-electron chi connectivity index (χ2n) is 2.87. The maximum absolute atomic E-state index is 11.2. The van der Waals surface area contributed by atoms with Gasteiger partial charge in [0.2, 0.25) is 20.3 Å². The number of fused-ring (bicyclic) bond motifs is 1. The van der Waals surface area contributed by atoms with Gasteiger partial charge in [0.15, 0.2) is 11.9 Å². The van der Waals surface area contributed by atoms with Gasteiger partial charge in [-0.15, -0.1) is 0 Å². The molecular weight excluding hydrogens is 263 g/mol. The summed E-state index contributed by atoms with van der Waals surface area (Å²) in [6.45, 7) is 0. The second-order valence-corrected chi connectivity index (χ2v) is 5.51. The van der Waals surface area contributed by atoms with Gasteiger partial charge in [-0.25, -0.2) is 28.4 Å². The van der Waals surface area contributed by atoms with E-state index in [1.54, 1.807) is 0 Å². The quantitative estimate of drug-likeness (QED) is 0.595. The molecule has 15 heavy (non-hydrogen) atoms. The summed E-state index contributed by atoms with van der Waals surface area (Å²) in [5, 5.41) is -0.384. The van der Waals surface area contributed by atoms with Crippen molar-refractivity contribution in [3.63, 3.8) is 0 Å². The van der Waals surface area contributed by atoms with Crippen LogP contribution in [-0.4, -0.2) is 42.2 Å². The van der Waals surface area contributed by atoms with Gasteiger partial charge in [-0.3, -0.25) is 0 Å². The molecule has 2 aliphatic rings. The number of aliphatic imine (C=N–C) groups is 4. The van der Waals surface area contributed by atoms with Crippen molar-refractivity contribution in [2.75, 3.05) is 6.26 Å². The largest absolute Gasteiger partial charge is 0.249 e. The minimum Gasteiger partial charge on any atom is -0.237 e. The monoisotopic (exact) mass is 266 g/mol. The first-order valence-corrected chi connectivity index (χ1v) is 6.37. The molecule has 0 saturated carbocycles. The zero-order chi connectivity index (χ0) is 11.2. The highest BCUT2D eigenvalue weighted by Gasteiger charge is 2.32. The van der Waals surface area contributed by atoms with E-state index in [-0.39, 0.29) is 21.5 Å². The third-order valence-corrected chi connectivity index (χ3v) is 2.98. The lowest BCUT2D eigenvalue weighted by Gasteiger charge is -2.11. The Morgan fingerprint density at radius 1 is 1.20 bits per heavy atom. The first-order chi connectivity index (χ1) is 6.88. The van der Waals surface area contributed by atoms with Gasteiger partial charge in [0, 0.05) is 6.26 Å². The van der Waals surface area contributed by atoms with Crippen LogP contribution in [0.4, 0.5) is 0 Å². The van der Waals surface area contributed by atoms with Gasteiger partial charge in [-0.1, -0.05) is 11.6 Å².